The molecule has 1 unspecified atom stereocenters. The molecule has 0 saturated carbocycles. The molecule has 2 amide bonds. The lowest BCUT2D eigenvalue weighted by Crippen LogP contribution is -2.54. The van der Waals surface area contributed by atoms with E-state index in [1.165, 1.54) is 6.08 Å². The van der Waals surface area contributed by atoms with E-state index in [4.69, 9.17) is 5.11 Å². The molecule has 0 aliphatic carbocycles. The van der Waals surface area contributed by atoms with Crippen LogP contribution in [0.5, 0.6) is 0 Å². The molecule has 0 rings (SSSR count). The molecule has 116 valence electrons. The van der Waals surface area contributed by atoms with Gasteiger partial charge in [0.15, 0.2) is 0 Å². The van der Waals surface area contributed by atoms with E-state index in [2.05, 4.69) is 21.9 Å². The quantitative estimate of drug-likeness (QED) is 0.456. The molecule has 0 fully saturated rings. The van der Waals surface area contributed by atoms with E-state index < -0.39 is 33.6 Å². The van der Waals surface area contributed by atoms with Crippen LogP contribution in [0, 0.1) is 0 Å². The van der Waals surface area contributed by atoms with Crippen molar-refractivity contribution in [2.45, 2.75) is 31.8 Å². The minimum Gasteiger partial charge on any atom is -0.480 e. The molecule has 0 bridgehead atoms. The Bertz CT molecular complexity index is 472. The maximum absolute atomic E-state index is 11.5. The van der Waals surface area contributed by atoms with Crippen molar-refractivity contribution in [2.75, 3.05) is 12.8 Å². The second-order valence-corrected chi connectivity index (χ2v) is 6.75. The highest BCUT2D eigenvalue weighted by Crippen LogP contribution is 2.02. The zero-order valence-electron chi connectivity index (χ0n) is 11.8. The number of nitrogens with one attached hydrogen (secondary N) is 3. The van der Waals surface area contributed by atoms with Crippen LogP contribution in [-0.2, 0) is 14.8 Å². The van der Waals surface area contributed by atoms with Gasteiger partial charge in [-0.25, -0.2) is 22.7 Å². The van der Waals surface area contributed by atoms with Gasteiger partial charge in [0.05, 0.1) is 6.26 Å². The first-order chi connectivity index (χ1) is 8.97. The molecule has 0 spiro atoms. The van der Waals surface area contributed by atoms with E-state index in [-0.39, 0.29) is 13.0 Å². The summed E-state index contributed by atoms with van der Waals surface area (Å²) < 4.78 is 24.6. The summed E-state index contributed by atoms with van der Waals surface area (Å²) in [5.41, 5.74) is -0.887. The van der Waals surface area contributed by atoms with Gasteiger partial charge in [-0.05, 0) is 20.3 Å². The molecule has 0 saturated heterocycles. The molecular weight excluding hydrogens is 286 g/mol. The molecule has 9 heteroatoms. The summed E-state index contributed by atoms with van der Waals surface area (Å²) in [6.07, 6.45) is 2.49. The maximum Gasteiger partial charge on any atom is 0.326 e. The third kappa shape index (κ3) is 8.48. The van der Waals surface area contributed by atoms with Crippen LogP contribution in [0.3, 0.4) is 0 Å². The Hall–Kier alpha value is -1.61. The average Bonchev–Trinajstić information content (AvgIpc) is 2.22. The Morgan fingerprint density at radius 3 is 2.35 bits per heavy atom. The van der Waals surface area contributed by atoms with Crippen molar-refractivity contribution in [1.82, 2.24) is 15.4 Å². The van der Waals surface area contributed by atoms with Crippen LogP contribution in [0.1, 0.15) is 20.3 Å². The number of carboxylic acid groups (broad SMARTS) is 1. The predicted molar refractivity (Wildman–Crippen MR) is 74.8 cm³/mol. The summed E-state index contributed by atoms with van der Waals surface area (Å²) in [6, 6.07) is -1.76. The van der Waals surface area contributed by atoms with Crippen molar-refractivity contribution in [1.29, 1.82) is 0 Å². The third-order valence-corrected chi connectivity index (χ3v) is 3.08. The second-order valence-electron chi connectivity index (χ2n) is 5.00. The number of carbonyl (C=O) groups is 2. The fourth-order valence-electron chi connectivity index (χ4n) is 1.44. The molecule has 1 atom stereocenters. The van der Waals surface area contributed by atoms with Gasteiger partial charge >= 0.3 is 12.0 Å². The summed E-state index contributed by atoms with van der Waals surface area (Å²) in [6.45, 7) is 6.59. The molecule has 0 aromatic rings. The zero-order valence-corrected chi connectivity index (χ0v) is 12.6. The van der Waals surface area contributed by atoms with Crippen molar-refractivity contribution in [3.8, 4) is 0 Å². The van der Waals surface area contributed by atoms with E-state index >= 15 is 0 Å². The molecular formula is C11H21N3O5S. The van der Waals surface area contributed by atoms with E-state index in [0.717, 1.165) is 6.26 Å². The highest BCUT2D eigenvalue weighted by atomic mass is 32.2. The summed E-state index contributed by atoms with van der Waals surface area (Å²) in [5, 5.41) is 13.5. The second kappa shape index (κ2) is 7.25. The number of rotatable bonds is 8. The Morgan fingerprint density at radius 1 is 1.40 bits per heavy atom. The van der Waals surface area contributed by atoms with Gasteiger partial charge in [0.1, 0.15) is 6.04 Å². The average molecular weight is 307 g/mol. The maximum atomic E-state index is 11.5. The first-order valence-electron chi connectivity index (χ1n) is 5.84. The third-order valence-electron chi connectivity index (χ3n) is 2.16. The monoisotopic (exact) mass is 307 g/mol. The largest absolute Gasteiger partial charge is 0.480 e. The highest BCUT2D eigenvalue weighted by molar-refractivity contribution is 7.88. The predicted octanol–water partition coefficient (Wildman–Crippen LogP) is -0.357. The van der Waals surface area contributed by atoms with E-state index in [1.54, 1.807) is 13.8 Å². The first-order valence-corrected chi connectivity index (χ1v) is 7.73. The van der Waals surface area contributed by atoms with Gasteiger partial charge in [-0.15, -0.1) is 6.58 Å². The molecule has 0 aromatic carbocycles. The van der Waals surface area contributed by atoms with Gasteiger partial charge < -0.3 is 15.7 Å². The minimum atomic E-state index is -3.40. The van der Waals surface area contributed by atoms with Gasteiger partial charge in [-0.1, -0.05) is 6.08 Å². The number of amides is 2. The number of urea groups is 1. The fraction of sp³-hybridized carbons (Fsp3) is 0.636. The van der Waals surface area contributed by atoms with Crippen LogP contribution in [0.2, 0.25) is 0 Å². The van der Waals surface area contributed by atoms with Crippen LogP contribution in [0.25, 0.3) is 0 Å². The van der Waals surface area contributed by atoms with Crippen molar-refractivity contribution in [3.63, 3.8) is 0 Å². The Morgan fingerprint density at radius 2 is 1.95 bits per heavy atom. The van der Waals surface area contributed by atoms with Crippen LogP contribution in [0.4, 0.5) is 4.79 Å². The lowest BCUT2D eigenvalue weighted by atomic mass is 10.1. The van der Waals surface area contributed by atoms with Gasteiger partial charge in [0.25, 0.3) is 0 Å². The smallest absolute Gasteiger partial charge is 0.326 e. The van der Waals surface area contributed by atoms with Crippen LogP contribution < -0.4 is 15.4 Å². The Balaban J connectivity index is 4.41. The number of hydrogen-bond donors (Lipinski definition) is 4. The number of sulfonamides is 1. The molecule has 0 radical (unpaired) electrons. The molecule has 0 aliphatic heterocycles. The van der Waals surface area contributed by atoms with Crippen LogP contribution >= 0.6 is 0 Å². The van der Waals surface area contributed by atoms with Crippen molar-refractivity contribution in [2.24, 2.45) is 0 Å². The van der Waals surface area contributed by atoms with Gasteiger partial charge in [0, 0.05) is 12.1 Å². The van der Waals surface area contributed by atoms with E-state index in [0.29, 0.717) is 0 Å². The van der Waals surface area contributed by atoms with Crippen molar-refractivity contribution >= 4 is 22.0 Å². The molecule has 0 heterocycles. The number of carbonyl (C=O) groups excluding carboxylic acids is 1. The molecule has 20 heavy (non-hydrogen) atoms. The minimum absolute atomic E-state index is 0.00628. The fourth-order valence-corrected chi connectivity index (χ4v) is 2.51. The highest BCUT2D eigenvalue weighted by Gasteiger charge is 2.24. The number of hydrogen-bond acceptors (Lipinski definition) is 4. The van der Waals surface area contributed by atoms with Crippen molar-refractivity contribution < 1.29 is 23.1 Å². The zero-order chi connectivity index (χ0) is 16.0. The van der Waals surface area contributed by atoms with E-state index in [1.807, 2.05) is 0 Å². The number of aliphatic carboxylic acids is 1. The Kier molecular flexibility index (Phi) is 6.66. The standard InChI is InChI=1S/C11H21N3O5S/c1-5-6-8(9(15)16)13-10(17)12-7-11(2,3)14-20(4,18)19/h5,8,14H,1,6-7H2,2-4H3,(H,15,16)(H2,12,13,17). The number of carboxylic acids is 1. The molecule has 0 aromatic heterocycles. The topological polar surface area (TPSA) is 125 Å². The molecule has 8 nitrogen and oxygen atoms in total. The van der Waals surface area contributed by atoms with Crippen LogP contribution in [0.15, 0.2) is 12.7 Å². The van der Waals surface area contributed by atoms with Gasteiger partial charge in [-0.2, -0.15) is 0 Å². The summed E-state index contributed by atoms with van der Waals surface area (Å²) in [4.78, 5) is 22.4. The normalized spacial score (nSPS) is 13.3. The SMILES string of the molecule is C=CCC(NC(=O)NCC(C)(C)NS(C)(=O)=O)C(=O)O. The molecule has 4 N–H and O–H groups in total. The first kappa shape index (κ1) is 18.4. The van der Waals surface area contributed by atoms with E-state index in [9.17, 15) is 18.0 Å². The van der Waals surface area contributed by atoms with Crippen LogP contribution in [-0.4, -0.2) is 49.9 Å². The Labute approximate surface area is 118 Å². The summed E-state index contributed by atoms with van der Waals surface area (Å²) in [7, 11) is -3.40. The lowest BCUT2D eigenvalue weighted by Gasteiger charge is -2.25. The summed E-state index contributed by atoms with van der Waals surface area (Å²) >= 11 is 0. The summed E-state index contributed by atoms with van der Waals surface area (Å²) in [5.74, 6) is -1.17. The lowest BCUT2D eigenvalue weighted by molar-refractivity contribution is -0.139. The van der Waals surface area contributed by atoms with Gasteiger partial charge in [0.2, 0.25) is 10.0 Å². The van der Waals surface area contributed by atoms with Crippen molar-refractivity contribution in [3.05, 3.63) is 12.7 Å². The van der Waals surface area contributed by atoms with Gasteiger partial charge in [-0.3, -0.25) is 0 Å². The molecule has 0 aliphatic rings.